The van der Waals surface area contributed by atoms with Crippen LogP contribution in [0.3, 0.4) is 0 Å². The van der Waals surface area contributed by atoms with Gasteiger partial charge in [0.05, 0.1) is 0 Å². The Hall–Kier alpha value is -0.960. The molecule has 1 heterocycles. The van der Waals surface area contributed by atoms with E-state index < -0.39 is 0 Å². The van der Waals surface area contributed by atoms with Crippen LogP contribution in [0.1, 0.15) is 44.3 Å². The minimum Gasteiger partial charge on any atom is -0.312 e. The van der Waals surface area contributed by atoms with Gasteiger partial charge in [-0.3, -0.25) is 0 Å². The smallest absolute Gasteiger partial charge is 0.125 e. The lowest BCUT2D eigenvalue weighted by Crippen LogP contribution is -2.40. The van der Waals surface area contributed by atoms with E-state index in [9.17, 15) is 0 Å². The molecule has 0 amide bonds. The fourth-order valence-electron chi connectivity index (χ4n) is 2.31. The molecule has 0 saturated heterocycles. The molecule has 0 spiro atoms. The van der Waals surface area contributed by atoms with E-state index >= 15 is 0 Å². The van der Waals surface area contributed by atoms with Crippen molar-refractivity contribution in [1.29, 1.82) is 0 Å². The van der Waals surface area contributed by atoms with Crippen LogP contribution < -0.4 is 5.32 Å². The average Bonchev–Trinajstić information content (AvgIpc) is 2.25. The van der Waals surface area contributed by atoms with E-state index in [2.05, 4.69) is 36.1 Å². The van der Waals surface area contributed by atoms with Gasteiger partial charge in [0.1, 0.15) is 5.82 Å². The number of nitrogens with zero attached hydrogens (tertiary/aromatic N) is 2. The molecule has 0 saturated carbocycles. The van der Waals surface area contributed by atoms with Gasteiger partial charge in [-0.1, -0.05) is 0 Å². The zero-order chi connectivity index (χ0) is 12.5. The number of fused-ring (bicyclic) bond motifs is 1. The van der Waals surface area contributed by atoms with Gasteiger partial charge in [-0.25, -0.2) is 9.97 Å². The second kappa shape index (κ2) is 4.73. The van der Waals surface area contributed by atoms with Crippen molar-refractivity contribution >= 4 is 0 Å². The number of hydrogen-bond acceptors (Lipinski definition) is 3. The highest BCUT2D eigenvalue weighted by atomic mass is 14.9. The van der Waals surface area contributed by atoms with E-state index in [0.29, 0.717) is 0 Å². The number of rotatable bonds is 2. The van der Waals surface area contributed by atoms with Crippen LogP contribution in [0.25, 0.3) is 0 Å². The topological polar surface area (TPSA) is 37.8 Å². The second-order valence-electron chi connectivity index (χ2n) is 6.13. The maximum Gasteiger partial charge on any atom is 0.125 e. The molecule has 0 aliphatic heterocycles. The quantitative estimate of drug-likeness (QED) is 0.851. The number of aromatic nitrogens is 2. The fourth-order valence-corrected chi connectivity index (χ4v) is 2.31. The SMILES string of the molecule is Cc1ncc2c(n1)CCC(CNC(C)(C)C)C2. The zero-order valence-electron chi connectivity index (χ0n) is 11.4. The Morgan fingerprint density at radius 1 is 1.41 bits per heavy atom. The first kappa shape index (κ1) is 12.5. The summed E-state index contributed by atoms with van der Waals surface area (Å²) in [6, 6.07) is 0. The van der Waals surface area contributed by atoms with Crippen LogP contribution in [0.15, 0.2) is 6.20 Å². The lowest BCUT2D eigenvalue weighted by Gasteiger charge is -2.28. The van der Waals surface area contributed by atoms with E-state index in [0.717, 1.165) is 31.1 Å². The van der Waals surface area contributed by atoms with Crippen molar-refractivity contribution in [3.05, 3.63) is 23.3 Å². The van der Waals surface area contributed by atoms with Crippen molar-refractivity contribution in [3.8, 4) is 0 Å². The predicted molar refractivity (Wildman–Crippen MR) is 70.0 cm³/mol. The van der Waals surface area contributed by atoms with Crippen molar-refractivity contribution in [2.75, 3.05) is 6.54 Å². The van der Waals surface area contributed by atoms with Gasteiger partial charge in [0, 0.05) is 17.4 Å². The molecule has 1 unspecified atom stereocenters. The molecular weight excluding hydrogens is 210 g/mol. The van der Waals surface area contributed by atoms with Crippen molar-refractivity contribution in [2.45, 2.75) is 52.5 Å². The Balaban J connectivity index is 1.97. The van der Waals surface area contributed by atoms with Gasteiger partial charge in [-0.05, 0) is 65.0 Å². The first-order valence-corrected chi connectivity index (χ1v) is 6.50. The molecule has 0 aromatic carbocycles. The molecule has 1 aliphatic carbocycles. The minimum absolute atomic E-state index is 0.212. The molecule has 3 nitrogen and oxygen atoms in total. The summed E-state index contributed by atoms with van der Waals surface area (Å²) >= 11 is 0. The highest BCUT2D eigenvalue weighted by Gasteiger charge is 2.21. The van der Waals surface area contributed by atoms with E-state index in [1.807, 2.05) is 13.1 Å². The van der Waals surface area contributed by atoms with E-state index in [1.165, 1.54) is 17.7 Å². The largest absolute Gasteiger partial charge is 0.312 e. The summed E-state index contributed by atoms with van der Waals surface area (Å²) in [6.45, 7) is 9.72. The standard InChI is InChI=1S/C14H23N3/c1-10-15-9-12-7-11(5-6-13(12)17-10)8-16-14(2,3)4/h9,11,16H,5-8H2,1-4H3. The Morgan fingerprint density at radius 2 is 2.18 bits per heavy atom. The summed E-state index contributed by atoms with van der Waals surface area (Å²) in [5.74, 6) is 1.63. The highest BCUT2D eigenvalue weighted by Crippen LogP contribution is 2.23. The van der Waals surface area contributed by atoms with E-state index in [-0.39, 0.29) is 5.54 Å². The summed E-state index contributed by atoms with van der Waals surface area (Å²) in [5, 5.41) is 3.59. The zero-order valence-corrected chi connectivity index (χ0v) is 11.4. The van der Waals surface area contributed by atoms with Gasteiger partial charge in [0.25, 0.3) is 0 Å². The molecule has 94 valence electrons. The molecule has 1 aliphatic rings. The summed E-state index contributed by atoms with van der Waals surface area (Å²) in [5.41, 5.74) is 2.83. The third-order valence-corrected chi connectivity index (χ3v) is 3.29. The van der Waals surface area contributed by atoms with Crippen LogP contribution in [0.2, 0.25) is 0 Å². The van der Waals surface area contributed by atoms with Gasteiger partial charge >= 0.3 is 0 Å². The first-order chi connectivity index (χ1) is 7.94. The molecule has 0 radical (unpaired) electrons. The van der Waals surface area contributed by atoms with Crippen molar-refractivity contribution in [2.24, 2.45) is 5.92 Å². The van der Waals surface area contributed by atoms with Gasteiger partial charge in [0.2, 0.25) is 0 Å². The van der Waals surface area contributed by atoms with Crippen molar-refractivity contribution in [1.82, 2.24) is 15.3 Å². The van der Waals surface area contributed by atoms with E-state index in [4.69, 9.17) is 0 Å². The van der Waals surface area contributed by atoms with Gasteiger partial charge in [-0.2, -0.15) is 0 Å². The molecular formula is C14H23N3. The van der Waals surface area contributed by atoms with Gasteiger partial charge in [0.15, 0.2) is 0 Å². The van der Waals surface area contributed by atoms with Crippen LogP contribution in [0, 0.1) is 12.8 Å². The predicted octanol–water partition coefficient (Wildman–Crippen LogP) is 2.28. The third-order valence-electron chi connectivity index (χ3n) is 3.29. The molecule has 2 rings (SSSR count). The minimum atomic E-state index is 0.212. The summed E-state index contributed by atoms with van der Waals surface area (Å²) < 4.78 is 0. The first-order valence-electron chi connectivity index (χ1n) is 6.50. The maximum atomic E-state index is 4.53. The van der Waals surface area contributed by atoms with Gasteiger partial charge in [-0.15, -0.1) is 0 Å². The molecule has 17 heavy (non-hydrogen) atoms. The fraction of sp³-hybridized carbons (Fsp3) is 0.714. The lowest BCUT2D eigenvalue weighted by molar-refractivity contribution is 0.346. The molecule has 1 aromatic rings. The summed E-state index contributed by atoms with van der Waals surface area (Å²) in [7, 11) is 0. The molecule has 1 atom stereocenters. The van der Waals surface area contributed by atoms with Crippen LogP contribution in [0.5, 0.6) is 0 Å². The summed E-state index contributed by atoms with van der Waals surface area (Å²) in [6.07, 6.45) is 5.49. The number of hydrogen-bond donors (Lipinski definition) is 1. The maximum absolute atomic E-state index is 4.53. The Labute approximate surface area is 104 Å². The van der Waals surface area contributed by atoms with Gasteiger partial charge < -0.3 is 5.32 Å². The molecule has 1 N–H and O–H groups in total. The average molecular weight is 233 g/mol. The summed E-state index contributed by atoms with van der Waals surface area (Å²) in [4.78, 5) is 8.83. The molecule has 0 fully saturated rings. The Morgan fingerprint density at radius 3 is 2.88 bits per heavy atom. The molecule has 0 bridgehead atoms. The Kier molecular flexibility index (Phi) is 3.48. The second-order valence-corrected chi connectivity index (χ2v) is 6.13. The van der Waals surface area contributed by atoms with E-state index in [1.54, 1.807) is 0 Å². The number of aryl methyl sites for hydroxylation is 2. The molecule has 3 heteroatoms. The van der Waals surface area contributed by atoms with Crippen LogP contribution in [-0.4, -0.2) is 22.1 Å². The van der Waals surface area contributed by atoms with Crippen molar-refractivity contribution < 1.29 is 0 Å². The lowest BCUT2D eigenvalue weighted by atomic mass is 9.87. The normalized spacial score (nSPS) is 20.1. The highest BCUT2D eigenvalue weighted by molar-refractivity contribution is 5.21. The van der Waals surface area contributed by atoms with Crippen molar-refractivity contribution in [3.63, 3.8) is 0 Å². The molecule has 1 aromatic heterocycles. The van der Waals surface area contributed by atoms with Crippen LogP contribution in [-0.2, 0) is 12.8 Å². The third kappa shape index (κ3) is 3.50. The monoisotopic (exact) mass is 233 g/mol. The van der Waals surface area contributed by atoms with Crippen LogP contribution >= 0.6 is 0 Å². The Bertz CT molecular complexity index is 393. The number of nitrogens with one attached hydrogen (secondary N) is 1. The van der Waals surface area contributed by atoms with Crippen LogP contribution in [0.4, 0.5) is 0 Å².